The molecule has 0 aliphatic rings. The molecule has 0 unspecified atom stereocenters. The van der Waals surface area contributed by atoms with Gasteiger partial charge in [-0.1, -0.05) is 45.0 Å². The van der Waals surface area contributed by atoms with Crippen LogP contribution in [0.3, 0.4) is 0 Å². The van der Waals surface area contributed by atoms with Crippen LogP contribution in [0.2, 0.25) is 0 Å². The molecule has 3 aromatic rings. The molecule has 30 heavy (non-hydrogen) atoms. The molecule has 4 nitrogen and oxygen atoms in total. The molecular formula is C26H30N2O2. The van der Waals surface area contributed by atoms with Crippen molar-refractivity contribution in [3.63, 3.8) is 0 Å². The minimum absolute atomic E-state index is 0.0382. The van der Waals surface area contributed by atoms with Crippen LogP contribution in [-0.4, -0.2) is 12.6 Å². The van der Waals surface area contributed by atoms with E-state index >= 15 is 0 Å². The molecule has 0 fully saturated rings. The van der Waals surface area contributed by atoms with E-state index in [1.165, 1.54) is 11.1 Å². The third-order valence-electron chi connectivity index (χ3n) is 4.76. The Hall–Kier alpha value is -3.27. The summed E-state index contributed by atoms with van der Waals surface area (Å²) in [5, 5.41) is 3.02. The van der Waals surface area contributed by atoms with Gasteiger partial charge in [0.2, 0.25) is 0 Å². The quantitative estimate of drug-likeness (QED) is 0.491. The molecule has 0 aliphatic carbocycles. The number of ether oxygens (including phenoxy) is 1. The van der Waals surface area contributed by atoms with E-state index in [1.807, 2.05) is 60.7 Å². The van der Waals surface area contributed by atoms with Crippen LogP contribution in [0.4, 0.5) is 16.2 Å². The number of benzene rings is 3. The maximum Gasteiger partial charge on any atom is 0.326 e. The van der Waals surface area contributed by atoms with Gasteiger partial charge in [-0.05, 0) is 78.9 Å². The fraction of sp³-hybridized carbons (Fsp3) is 0.269. The lowest BCUT2D eigenvalue weighted by Gasteiger charge is -2.30. The van der Waals surface area contributed by atoms with Gasteiger partial charge in [-0.3, -0.25) is 4.90 Å². The van der Waals surface area contributed by atoms with Gasteiger partial charge < -0.3 is 10.1 Å². The van der Waals surface area contributed by atoms with Gasteiger partial charge in [0.05, 0.1) is 0 Å². The topological polar surface area (TPSA) is 41.6 Å². The van der Waals surface area contributed by atoms with Gasteiger partial charge >= 0.3 is 6.03 Å². The molecule has 2 amide bonds. The van der Waals surface area contributed by atoms with Crippen LogP contribution in [0.15, 0.2) is 72.8 Å². The largest absolute Gasteiger partial charge is 0.457 e. The molecule has 0 spiro atoms. The second-order valence-electron chi connectivity index (χ2n) is 8.79. The van der Waals surface area contributed by atoms with E-state index in [1.54, 1.807) is 4.90 Å². The minimum Gasteiger partial charge on any atom is -0.457 e. The van der Waals surface area contributed by atoms with Crippen molar-refractivity contribution >= 4 is 17.4 Å². The van der Waals surface area contributed by atoms with Crippen molar-refractivity contribution in [3.05, 3.63) is 83.9 Å². The number of aryl methyl sites for hydroxylation is 2. The average molecular weight is 403 g/mol. The summed E-state index contributed by atoms with van der Waals surface area (Å²) in [6.07, 6.45) is 0. The van der Waals surface area contributed by atoms with Crippen molar-refractivity contribution in [1.29, 1.82) is 0 Å². The summed E-state index contributed by atoms with van der Waals surface area (Å²) < 4.78 is 5.82. The SMILES string of the molecule is Cc1ccc(N(CC(C)(C)C)C(=O)Nc2ccc(Oc3ccccc3)cc2)cc1C. The Morgan fingerprint density at radius 2 is 1.50 bits per heavy atom. The molecule has 0 aromatic heterocycles. The van der Waals surface area contributed by atoms with Crippen LogP contribution >= 0.6 is 0 Å². The molecule has 0 aliphatic heterocycles. The first-order valence-electron chi connectivity index (χ1n) is 10.2. The van der Waals surface area contributed by atoms with Gasteiger partial charge in [0.15, 0.2) is 0 Å². The Kier molecular flexibility index (Phi) is 6.46. The standard InChI is InChI=1S/C26H30N2O2/c1-19-11-14-22(17-20(19)2)28(18-26(3,4)5)25(29)27-21-12-15-24(16-13-21)30-23-9-7-6-8-10-23/h6-17H,18H2,1-5H3,(H,27,29). The van der Waals surface area contributed by atoms with E-state index in [2.05, 4.69) is 52.1 Å². The van der Waals surface area contributed by atoms with Crippen molar-refractivity contribution in [1.82, 2.24) is 0 Å². The van der Waals surface area contributed by atoms with Crippen LogP contribution in [0.5, 0.6) is 11.5 Å². The molecule has 0 saturated heterocycles. The predicted octanol–water partition coefficient (Wildman–Crippen LogP) is 7.18. The average Bonchev–Trinajstić information content (AvgIpc) is 2.70. The molecule has 0 bridgehead atoms. The summed E-state index contributed by atoms with van der Waals surface area (Å²) in [5.74, 6) is 1.50. The van der Waals surface area contributed by atoms with E-state index in [0.29, 0.717) is 6.54 Å². The Morgan fingerprint density at radius 3 is 2.10 bits per heavy atom. The fourth-order valence-electron chi connectivity index (χ4n) is 3.07. The monoisotopic (exact) mass is 402 g/mol. The number of amides is 2. The normalized spacial score (nSPS) is 11.1. The molecule has 3 rings (SSSR count). The highest BCUT2D eigenvalue weighted by atomic mass is 16.5. The number of hydrogen-bond donors (Lipinski definition) is 1. The van der Waals surface area contributed by atoms with Crippen LogP contribution in [0.25, 0.3) is 0 Å². The van der Waals surface area contributed by atoms with Crippen molar-refractivity contribution in [2.75, 3.05) is 16.8 Å². The van der Waals surface area contributed by atoms with Gasteiger partial charge in [-0.15, -0.1) is 0 Å². The van der Waals surface area contributed by atoms with Gasteiger partial charge in [-0.2, -0.15) is 0 Å². The number of hydrogen-bond acceptors (Lipinski definition) is 2. The van der Waals surface area contributed by atoms with Crippen molar-refractivity contribution in [3.8, 4) is 11.5 Å². The van der Waals surface area contributed by atoms with E-state index in [0.717, 1.165) is 22.9 Å². The number of para-hydroxylation sites is 1. The second kappa shape index (κ2) is 9.04. The second-order valence-corrected chi connectivity index (χ2v) is 8.79. The van der Waals surface area contributed by atoms with Crippen LogP contribution in [-0.2, 0) is 0 Å². The number of anilines is 2. The smallest absolute Gasteiger partial charge is 0.326 e. The number of carbonyl (C=O) groups is 1. The molecule has 4 heteroatoms. The highest BCUT2D eigenvalue weighted by molar-refractivity contribution is 6.01. The molecule has 0 atom stereocenters. The molecular weight excluding hydrogens is 372 g/mol. The lowest BCUT2D eigenvalue weighted by Crippen LogP contribution is -2.40. The summed E-state index contributed by atoms with van der Waals surface area (Å²) in [6.45, 7) is 11.1. The van der Waals surface area contributed by atoms with Gasteiger partial charge in [0.1, 0.15) is 11.5 Å². The van der Waals surface area contributed by atoms with E-state index in [4.69, 9.17) is 4.74 Å². The zero-order valence-corrected chi connectivity index (χ0v) is 18.4. The number of nitrogens with zero attached hydrogens (tertiary/aromatic N) is 1. The van der Waals surface area contributed by atoms with Crippen LogP contribution in [0, 0.1) is 19.3 Å². The fourth-order valence-corrected chi connectivity index (χ4v) is 3.07. The van der Waals surface area contributed by atoms with Crippen LogP contribution < -0.4 is 15.0 Å². The molecule has 0 heterocycles. The zero-order valence-electron chi connectivity index (χ0n) is 18.4. The van der Waals surface area contributed by atoms with Crippen molar-refractivity contribution in [2.45, 2.75) is 34.6 Å². The predicted molar refractivity (Wildman–Crippen MR) is 125 cm³/mol. The Morgan fingerprint density at radius 1 is 0.867 bits per heavy atom. The Balaban J connectivity index is 1.75. The van der Waals surface area contributed by atoms with Gasteiger partial charge in [0.25, 0.3) is 0 Å². The lowest BCUT2D eigenvalue weighted by atomic mass is 9.95. The highest BCUT2D eigenvalue weighted by Crippen LogP contribution is 2.26. The minimum atomic E-state index is -0.148. The molecule has 0 radical (unpaired) electrons. The number of carbonyl (C=O) groups excluding carboxylic acids is 1. The Bertz CT molecular complexity index is 990. The maximum atomic E-state index is 13.1. The highest BCUT2D eigenvalue weighted by Gasteiger charge is 2.23. The molecule has 1 N–H and O–H groups in total. The van der Waals surface area contributed by atoms with Gasteiger partial charge in [-0.25, -0.2) is 4.79 Å². The summed E-state index contributed by atoms with van der Waals surface area (Å²) >= 11 is 0. The molecule has 3 aromatic carbocycles. The number of rotatable bonds is 5. The van der Waals surface area contributed by atoms with Crippen molar-refractivity contribution < 1.29 is 9.53 Å². The third-order valence-corrected chi connectivity index (χ3v) is 4.76. The van der Waals surface area contributed by atoms with E-state index < -0.39 is 0 Å². The van der Waals surface area contributed by atoms with Crippen LogP contribution in [0.1, 0.15) is 31.9 Å². The first kappa shape index (κ1) is 21.4. The lowest BCUT2D eigenvalue weighted by molar-refractivity contribution is 0.253. The summed E-state index contributed by atoms with van der Waals surface area (Å²) in [4.78, 5) is 15.0. The summed E-state index contributed by atoms with van der Waals surface area (Å²) in [5.41, 5.74) is 3.96. The van der Waals surface area contributed by atoms with E-state index in [-0.39, 0.29) is 11.4 Å². The summed E-state index contributed by atoms with van der Waals surface area (Å²) in [6, 6.07) is 23.0. The van der Waals surface area contributed by atoms with E-state index in [9.17, 15) is 4.79 Å². The third kappa shape index (κ3) is 5.86. The summed E-state index contributed by atoms with van der Waals surface area (Å²) in [7, 11) is 0. The molecule has 156 valence electrons. The Labute approximate surface area is 179 Å². The zero-order chi connectivity index (χ0) is 21.7. The maximum absolute atomic E-state index is 13.1. The number of nitrogens with one attached hydrogen (secondary N) is 1. The number of urea groups is 1. The van der Waals surface area contributed by atoms with Gasteiger partial charge in [0, 0.05) is 17.9 Å². The first-order valence-corrected chi connectivity index (χ1v) is 10.2. The first-order chi connectivity index (χ1) is 14.2. The van der Waals surface area contributed by atoms with Crippen molar-refractivity contribution in [2.24, 2.45) is 5.41 Å². The molecule has 0 saturated carbocycles.